The zero-order chi connectivity index (χ0) is 18.7. The molecule has 0 radical (unpaired) electrons. The van der Waals surface area contributed by atoms with Gasteiger partial charge in [-0.05, 0) is 53.6 Å². The molecule has 26 heavy (non-hydrogen) atoms. The maximum atomic E-state index is 14.5. The first kappa shape index (κ1) is 18.0. The van der Waals surface area contributed by atoms with Crippen LogP contribution in [0.15, 0.2) is 48.8 Å². The Hall–Kier alpha value is -2.79. The second-order valence-corrected chi connectivity index (χ2v) is 6.56. The summed E-state index contributed by atoms with van der Waals surface area (Å²) in [5.74, 6) is -0.265. The smallest absolute Gasteiger partial charge is 0.131 e. The molecule has 0 amide bonds. The van der Waals surface area contributed by atoms with Gasteiger partial charge in [0.25, 0.3) is 0 Å². The first-order valence-corrected chi connectivity index (χ1v) is 8.65. The topological polar surface area (TPSA) is 53.3 Å². The van der Waals surface area contributed by atoms with Gasteiger partial charge < -0.3 is 21.3 Å². The minimum absolute atomic E-state index is 0.265. The molecule has 1 aliphatic rings. The molecular formula is C21H25FN4. The van der Waals surface area contributed by atoms with Gasteiger partial charge in [-0.1, -0.05) is 12.1 Å². The van der Waals surface area contributed by atoms with Crippen molar-refractivity contribution in [2.24, 2.45) is 0 Å². The lowest BCUT2D eigenvalue weighted by atomic mass is 9.88. The van der Waals surface area contributed by atoms with Crippen LogP contribution in [0.2, 0.25) is 0 Å². The van der Waals surface area contributed by atoms with E-state index in [0.29, 0.717) is 11.3 Å². The van der Waals surface area contributed by atoms with Crippen LogP contribution in [0.4, 0.5) is 10.1 Å². The molecule has 0 spiro atoms. The number of rotatable bonds is 5. The normalized spacial score (nSPS) is 14.1. The van der Waals surface area contributed by atoms with Crippen molar-refractivity contribution in [1.82, 2.24) is 15.5 Å². The van der Waals surface area contributed by atoms with Crippen molar-refractivity contribution in [3.63, 3.8) is 0 Å². The summed E-state index contributed by atoms with van der Waals surface area (Å²) in [5.41, 5.74) is 12.3. The van der Waals surface area contributed by atoms with Crippen LogP contribution in [-0.4, -0.2) is 32.6 Å². The van der Waals surface area contributed by atoms with E-state index in [-0.39, 0.29) is 5.82 Å². The summed E-state index contributed by atoms with van der Waals surface area (Å²) < 4.78 is 14.5. The van der Waals surface area contributed by atoms with Gasteiger partial charge in [-0.25, -0.2) is 4.39 Å². The molecule has 3 rings (SSSR count). The van der Waals surface area contributed by atoms with Crippen molar-refractivity contribution in [3.8, 4) is 0 Å². The second kappa shape index (κ2) is 7.62. The Morgan fingerprint density at radius 1 is 1.19 bits per heavy atom. The van der Waals surface area contributed by atoms with Crippen LogP contribution in [0.1, 0.15) is 22.3 Å². The molecule has 4 nitrogen and oxygen atoms in total. The van der Waals surface area contributed by atoms with E-state index < -0.39 is 0 Å². The average Bonchev–Trinajstić information content (AvgIpc) is 2.62. The first-order chi connectivity index (χ1) is 12.5. The molecule has 136 valence electrons. The molecule has 0 fully saturated rings. The molecule has 0 aromatic heterocycles. The van der Waals surface area contributed by atoms with Crippen LogP contribution in [0.25, 0.3) is 11.1 Å². The number of nitrogens with two attached hydrogens (primary N) is 1. The fraction of sp³-hybridized carbons (Fsp3) is 0.238. The van der Waals surface area contributed by atoms with Gasteiger partial charge in [0, 0.05) is 56.4 Å². The lowest BCUT2D eigenvalue weighted by Crippen LogP contribution is -2.18. The number of fused-ring (bicyclic) bond motifs is 1. The second-order valence-electron chi connectivity index (χ2n) is 6.56. The minimum atomic E-state index is -0.265. The molecule has 1 aliphatic heterocycles. The molecule has 2 aromatic rings. The lowest BCUT2D eigenvalue weighted by molar-refractivity contribution is 0.445. The Morgan fingerprint density at radius 3 is 2.73 bits per heavy atom. The molecule has 0 saturated heterocycles. The van der Waals surface area contributed by atoms with E-state index >= 15 is 0 Å². The van der Waals surface area contributed by atoms with E-state index in [1.54, 1.807) is 12.1 Å². The lowest BCUT2D eigenvalue weighted by Gasteiger charge is -2.27. The number of anilines is 1. The number of hydrogen-bond donors (Lipinski definition) is 3. The monoisotopic (exact) mass is 352 g/mol. The van der Waals surface area contributed by atoms with E-state index in [1.165, 1.54) is 11.6 Å². The largest absolute Gasteiger partial charge is 0.399 e. The van der Waals surface area contributed by atoms with Gasteiger partial charge in [0.1, 0.15) is 5.82 Å². The molecule has 0 atom stereocenters. The molecule has 0 aliphatic carbocycles. The Morgan fingerprint density at radius 2 is 2.00 bits per heavy atom. The number of hydrogen-bond acceptors (Lipinski definition) is 4. The highest BCUT2D eigenvalue weighted by atomic mass is 19.1. The first-order valence-electron chi connectivity index (χ1n) is 8.65. The van der Waals surface area contributed by atoms with E-state index in [2.05, 4.69) is 33.7 Å². The van der Waals surface area contributed by atoms with Crippen molar-refractivity contribution >= 4 is 16.8 Å². The SMILES string of the molecule is CN/C=C(\CNC)c1ccc2c(c1)C(c1cc(N)ccc1F)=CN(C)C2. The van der Waals surface area contributed by atoms with Gasteiger partial charge in [-0.3, -0.25) is 0 Å². The number of benzene rings is 2. The van der Waals surface area contributed by atoms with Gasteiger partial charge in [0.05, 0.1) is 0 Å². The van der Waals surface area contributed by atoms with Crippen LogP contribution in [0.5, 0.6) is 0 Å². The van der Waals surface area contributed by atoms with Crippen molar-refractivity contribution in [3.05, 3.63) is 76.9 Å². The van der Waals surface area contributed by atoms with Gasteiger partial charge in [0.2, 0.25) is 0 Å². The number of nitrogens with one attached hydrogen (secondary N) is 2. The third-order valence-corrected chi connectivity index (χ3v) is 4.51. The molecule has 2 aromatic carbocycles. The van der Waals surface area contributed by atoms with Crippen molar-refractivity contribution in [1.29, 1.82) is 0 Å². The molecule has 5 heteroatoms. The summed E-state index contributed by atoms with van der Waals surface area (Å²) in [4.78, 5) is 2.07. The maximum Gasteiger partial charge on any atom is 0.131 e. The van der Waals surface area contributed by atoms with E-state index in [9.17, 15) is 4.39 Å². The summed E-state index contributed by atoms with van der Waals surface area (Å²) in [7, 11) is 5.80. The van der Waals surface area contributed by atoms with E-state index in [0.717, 1.165) is 35.4 Å². The highest BCUT2D eigenvalue weighted by Crippen LogP contribution is 2.35. The molecule has 0 saturated carbocycles. The molecular weight excluding hydrogens is 327 g/mol. The highest BCUT2D eigenvalue weighted by molar-refractivity contribution is 5.85. The van der Waals surface area contributed by atoms with Gasteiger partial charge in [0.15, 0.2) is 0 Å². The van der Waals surface area contributed by atoms with Gasteiger partial charge in [-0.2, -0.15) is 0 Å². The zero-order valence-corrected chi connectivity index (χ0v) is 15.4. The van der Waals surface area contributed by atoms with Gasteiger partial charge in [-0.15, -0.1) is 0 Å². The van der Waals surface area contributed by atoms with Crippen LogP contribution < -0.4 is 16.4 Å². The minimum Gasteiger partial charge on any atom is -0.399 e. The van der Waals surface area contributed by atoms with Crippen molar-refractivity contribution < 1.29 is 4.39 Å². The van der Waals surface area contributed by atoms with Crippen LogP contribution in [-0.2, 0) is 6.54 Å². The third kappa shape index (κ3) is 3.58. The number of nitrogens with zero attached hydrogens (tertiary/aromatic N) is 1. The van der Waals surface area contributed by atoms with Crippen LogP contribution in [0.3, 0.4) is 0 Å². The fourth-order valence-corrected chi connectivity index (χ4v) is 3.33. The fourth-order valence-electron chi connectivity index (χ4n) is 3.33. The average molecular weight is 352 g/mol. The van der Waals surface area contributed by atoms with Crippen molar-refractivity contribution in [2.45, 2.75) is 6.54 Å². The molecule has 4 N–H and O–H groups in total. The maximum absolute atomic E-state index is 14.5. The van der Waals surface area contributed by atoms with Crippen LogP contribution in [0, 0.1) is 5.82 Å². The Labute approximate surface area is 154 Å². The zero-order valence-electron chi connectivity index (χ0n) is 15.4. The highest BCUT2D eigenvalue weighted by Gasteiger charge is 2.20. The predicted octanol–water partition coefficient (Wildman–Crippen LogP) is 3.02. The Kier molecular flexibility index (Phi) is 5.28. The standard InChI is InChI=1S/C21H25FN4/c1-24-10-16(11-25-2)14-4-5-15-12-26(3)13-20(18(15)8-14)19-9-17(23)6-7-21(19)22/h4-10,13,24-25H,11-12,23H2,1-3H3/b16-10+. The Bertz CT molecular complexity index is 870. The molecule has 1 heterocycles. The predicted molar refractivity (Wildman–Crippen MR) is 107 cm³/mol. The summed E-state index contributed by atoms with van der Waals surface area (Å²) in [6.45, 7) is 1.53. The van der Waals surface area contributed by atoms with Crippen LogP contribution >= 0.6 is 0 Å². The number of likely N-dealkylation sites (N-methyl/N-ethyl adjacent to an activating group) is 1. The number of nitrogen functional groups attached to an aromatic ring is 1. The summed E-state index contributed by atoms with van der Waals surface area (Å²) in [6, 6.07) is 11.1. The molecule has 0 unspecified atom stereocenters. The van der Waals surface area contributed by atoms with E-state index in [1.807, 2.05) is 33.5 Å². The summed E-state index contributed by atoms with van der Waals surface area (Å²) in [5, 5.41) is 6.29. The number of halogens is 1. The molecule has 0 bridgehead atoms. The quantitative estimate of drug-likeness (QED) is 0.724. The van der Waals surface area contributed by atoms with Gasteiger partial charge >= 0.3 is 0 Å². The van der Waals surface area contributed by atoms with E-state index in [4.69, 9.17) is 5.73 Å². The third-order valence-electron chi connectivity index (χ3n) is 4.51. The van der Waals surface area contributed by atoms with Crippen molar-refractivity contribution in [2.75, 3.05) is 33.4 Å². The Balaban J connectivity index is 2.14. The summed E-state index contributed by atoms with van der Waals surface area (Å²) in [6.07, 6.45) is 3.97. The summed E-state index contributed by atoms with van der Waals surface area (Å²) >= 11 is 0.